The normalized spacial score (nSPS) is 16.5. The van der Waals surface area contributed by atoms with Gasteiger partial charge < -0.3 is 4.90 Å². The molecule has 1 heterocycles. The molecule has 146 valence electrons. The number of carbonyl (C=O) groups excluding carboxylic acids is 1. The van der Waals surface area contributed by atoms with E-state index in [2.05, 4.69) is 5.10 Å². The number of hydrazone groups is 1. The van der Waals surface area contributed by atoms with Crippen LogP contribution in [-0.2, 0) is 17.5 Å². The zero-order valence-corrected chi connectivity index (χ0v) is 14.6. The second-order valence-electron chi connectivity index (χ2n) is 6.21. The van der Waals surface area contributed by atoms with Gasteiger partial charge >= 0.3 is 6.18 Å². The van der Waals surface area contributed by atoms with Crippen LogP contribution in [0.2, 0.25) is 0 Å². The van der Waals surface area contributed by atoms with Gasteiger partial charge in [0.15, 0.2) is 12.5 Å². The van der Waals surface area contributed by atoms with E-state index in [0.29, 0.717) is 23.1 Å². The Morgan fingerprint density at radius 2 is 1.89 bits per heavy atom. The number of halogens is 3. The number of aryl methyl sites for hydroxylation is 1. The van der Waals surface area contributed by atoms with Gasteiger partial charge in [-0.25, -0.2) is 0 Å². The van der Waals surface area contributed by atoms with Gasteiger partial charge in [0.05, 0.1) is 17.0 Å². The van der Waals surface area contributed by atoms with E-state index in [-0.39, 0.29) is 12.2 Å². The van der Waals surface area contributed by atoms with E-state index in [0.717, 1.165) is 12.1 Å². The van der Waals surface area contributed by atoms with Crippen LogP contribution >= 0.6 is 0 Å². The van der Waals surface area contributed by atoms with E-state index < -0.39 is 22.8 Å². The first-order valence-electron chi connectivity index (χ1n) is 8.16. The average Bonchev–Trinajstić information content (AvgIpc) is 3.03. The quantitative estimate of drug-likeness (QED) is 0.440. The molecule has 0 saturated carbocycles. The Hall–Kier alpha value is -3.43. The summed E-state index contributed by atoms with van der Waals surface area (Å²) in [7, 11) is 0. The lowest BCUT2D eigenvalue weighted by atomic mass is 10.1. The van der Waals surface area contributed by atoms with E-state index in [1.165, 1.54) is 34.4 Å². The minimum atomic E-state index is -4.44. The summed E-state index contributed by atoms with van der Waals surface area (Å²) in [5.41, 5.74) is 0.783. The number of nitro benzene ring substituents is 1. The van der Waals surface area contributed by atoms with Crippen LogP contribution in [-0.4, -0.2) is 28.7 Å². The highest BCUT2D eigenvalue weighted by Gasteiger charge is 2.32. The van der Waals surface area contributed by atoms with Gasteiger partial charge in [-0.2, -0.15) is 18.3 Å². The number of nitrogens with zero attached hydrogens (tertiary/aromatic N) is 4. The lowest BCUT2D eigenvalue weighted by Crippen LogP contribution is -2.40. The maximum absolute atomic E-state index is 12.7. The zero-order chi connectivity index (χ0) is 20.5. The van der Waals surface area contributed by atoms with Crippen molar-refractivity contribution in [2.24, 2.45) is 5.10 Å². The van der Waals surface area contributed by atoms with Crippen molar-refractivity contribution >= 4 is 24.0 Å². The largest absolute Gasteiger partial charge is 0.416 e. The molecule has 2 aromatic carbocycles. The fourth-order valence-electron chi connectivity index (χ4n) is 2.92. The van der Waals surface area contributed by atoms with E-state index in [1.807, 2.05) is 0 Å². The molecule has 28 heavy (non-hydrogen) atoms. The van der Waals surface area contributed by atoms with E-state index >= 15 is 0 Å². The molecule has 0 amide bonds. The predicted molar refractivity (Wildman–Crippen MR) is 95.6 cm³/mol. The molecule has 0 spiro atoms. The summed E-state index contributed by atoms with van der Waals surface area (Å²) in [6.07, 6.45) is -3.29. The van der Waals surface area contributed by atoms with Crippen molar-refractivity contribution in [3.63, 3.8) is 0 Å². The Balaban J connectivity index is 1.77. The highest BCUT2D eigenvalue weighted by atomic mass is 19.4. The first-order chi connectivity index (χ1) is 13.2. The summed E-state index contributed by atoms with van der Waals surface area (Å²) in [4.78, 5) is 23.5. The number of alkyl halides is 3. The van der Waals surface area contributed by atoms with Gasteiger partial charge in [0.2, 0.25) is 0 Å². The Bertz CT molecular complexity index is 929. The minimum Gasteiger partial charge on any atom is -0.302 e. The van der Waals surface area contributed by atoms with E-state index in [1.54, 1.807) is 19.1 Å². The Morgan fingerprint density at radius 1 is 1.21 bits per heavy atom. The molecule has 10 heteroatoms. The Labute approximate surface area is 157 Å². The number of anilines is 1. The first kappa shape index (κ1) is 19.3. The van der Waals surface area contributed by atoms with Crippen LogP contribution in [0.3, 0.4) is 0 Å². The average molecular weight is 392 g/mol. The third-order valence-corrected chi connectivity index (χ3v) is 4.33. The molecule has 7 nitrogen and oxygen atoms in total. The molecule has 0 aliphatic carbocycles. The van der Waals surface area contributed by atoms with Gasteiger partial charge in [-0.05, 0) is 42.8 Å². The highest BCUT2D eigenvalue weighted by molar-refractivity contribution is 5.87. The monoisotopic (exact) mass is 392 g/mol. The summed E-state index contributed by atoms with van der Waals surface area (Å²) >= 11 is 0. The summed E-state index contributed by atoms with van der Waals surface area (Å²) in [6.45, 7) is 1.82. The van der Waals surface area contributed by atoms with Crippen molar-refractivity contribution in [3.8, 4) is 0 Å². The van der Waals surface area contributed by atoms with Crippen molar-refractivity contribution < 1.29 is 22.9 Å². The Kier molecular flexibility index (Phi) is 5.04. The van der Waals surface area contributed by atoms with E-state index in [4.69, 9.17) is 0 Å². The van der Waals surface area contributed by atoms with Crippen LogP contribution in [0.5, 0.6) is 0 Å². The van der Waals surface area contributed by atoms with Gasteiger partial charge in [-0.1, -0.05) is 6.07 Å². The Morgan fingerprint density at radius 3 is 2.43 bits per heavy atom. The van der Waals surface area contributed by atoms with Gasteiger partial charge in [-0.15, -0.1) is 0 Å². The number of aldehydes is 1. The molecular formula is C18H15F3N4O3. The molecule has 3 rings (SSSR count). The fraction of sp³-hybridized carbons (Fsp3) is 0.222. The second-order valence-corrected chi connectivity index (χ2v) is 6.21. The van der Waals surface area contributed by atoms with Crippen molar-refractivity contribution in [1.82, 2.24) is 5.01 Å². The van der Waals surface area contributed by atoms with Crippen molar-refractivity contribution in [1.29, 1.82) is 0 Å². The molecule has 0 aromatic heterocycles. The molecule has 0 radical (unpaired) electrons. The van der Waals surface area contributed by atoms with Crippen molar-refractivity contribution in [2.45, 2.75) is 25.8 Å². The summed E-state index contributed by atoms with van der Waals surface area (Å²) in [5, 5.41) is 16.5. The second kappa shape index (κ2) is 7.29. The number of carbonyl (C=O) groups is 1. The molecule has 0 N–H and O–H groups in total. The van der Waals surface area contributed by atoms with Crippen LogP contribution in [0.15, 0.2) is 47.6 Å². The number of benzene rings is 2. The SMILES string of the molecule is Cc1cc(CN2N=CN(c3ccc(C(F)(F)F)cc3)C2C=O)ccc1[N+](=O)[O-]. The third kappa shape index (κ3) is 3.80. The topological polar surface area (TPSA) is 79.0 Å². The number of rotatable bonds is 5. The maximum Gasteiger partial charge on any atom is 0.416 e. The molecular weight excluding hydrogens is 377 g/mol. The lowest BCUT2D eigenvalue weighted by Gasteiger charge is -2.26. The lowest BCUT2D eigenvalue weighted by molar-refractivity contribution is -0.385. The number of hydrogen-bond donors (Lipinski definition) is 0. The van der Waals surface area contributed by atoms with Gasteiger partial charge in [0.1, 0.15) is 6.34 Å². The molecule has 1 unspecified atom stereocenters. The van der Waals surface area contributed by atoms with Gasteiger partial charge in [-0.3, -0.25) is 19.9 Å². The van der Waals surface area contributed by atoms with Gasteiger partial charge in [0.25, 0.3) is 5.69 Å². The smallest absolute Gasteiger partial charge is 0.302 e. The van der Waals surface area contributed by atoms with Crippen LogP contribution in [0.1, 0.15) is 16.7 Å². The third-order valence-electron chi connectivity index (χ3n) is 4.33. The molecule has 0 fully saturated rings. The first-order valence-corrected chi connectivity index (χ1v) is 8.16. The molecule has 2 aromatic rings. The summed E-state index contributed by atoms with van der Waals surface area (Å²) in [6, 6.07) is 9.00. The zero-order valence-electron chi connectivity index (χ0n) is 14.6. The van der Waals surface area contributed by atoms with Crippen LogP contribution in [0.4, 0.5) is 24.5 Å². The maximum atomic E-state index is 12.7. The molecule has 0 saturated heterocycles. The van der Waals surface area contributed by atoms with Crippen molar-refractivity contribution in [2.75, 3.05) is 4.90 Å². The number of nitro groups is 1. The summed E-state index contributed by atoms with van der Waals surface area (Å²) < 4.78 is 38.1. The molecule has 0 bridgehead atoms. The van der Waals surface area contributed by atoms with Crippen LogP contribution in [0, 0.1) is 17.0 Å². The molecule has 1 atom stereocenters. The summed E-state index contributed by atoms with van der Waals surface area (Å²) in [5.74, 6) is 0. The minimum absolute atomic E-state index is 0.00742. The molecule has 1 aliphatic heterocycles. The number of hydrogen-bond acceptors (Lipinski definition) is 6. The van der Waals surface area contributed by atoms with Crippen LogP contribution < -0.4 is 4.90 Å². The predicted octanol–water partition coefficient (Wildman–Crippen LogP) is 3.71. The standard InChI is InChI=1S/C18H15F3N4O3/c1-12-8-13(2-7-16(12)25(27)28)9-24-17(10-26)23(11-22-24)15-5-3-14(4-6-15)18(19,20)21/h2-8,10-11,17H,9H2,1H3. The molecule has 1 aliphatic rings. The van der Waals surface area contributed by atoms with Crippen LogP contribution in [0.25, 0.3) is 0 Å². The highest BCUT2D eigenvalue weighted by Crippen LogP contribution is 2.31. The van der Waals surface area contributed by atoms with Crippen molar-refractivity contribution in [3.05, 3.63) is 69.3 Å². The fourth-order valence-corrected chi connectivity index (χ4v) is 2.92. The van der Waals surface area contributed by atoms with Gasteiger partial charge in [0, 0.05) is 17.3 Å². The van der Waals surface area contributed by atoms with E-state index in [9.17, 15) is 28.1 Å².